The summed E-state index contributed by atoms with van der Waals surface area (Å²) >= 11 is 0. The van der Waals surface area contributed by atoms with E-state index in [9.17, 15) is 9.59 Å². The lowest BCUT2D eigenvalue weighted by atomic mass is 9.95. The van der Waals surface area contributed by atoms with Gasteiger partial charge in [0, 0.05) is 31.9 Å². The molecule has 1 aliphatic carbocycles. The summed E-state index contributed by atoms with van der Waals surface area (Å²) in [5.41, 5.74) is 3.98. The number of anilines is 1. The zero-order valence-corrected chi connectivity index (χ0v) is 19.7. The van der Waals surface area contributed by atoms with Gasteiger partial charge in [0.25, 0.3) is 0 Å². The van der Waals surface area contributed by atoms with Crippen LogP contribution in [0.3, 0.4) is 0 Å². The van der Waals surface area contributed by atoms with Crippen LogP contribution in [0.5, 0.6) is 0 Å². The minimum absolute atomic E-state index is 0.113. The Kier molecular flexibility index (Phi) is 8.06. The van der Waals surface area contributed by atoms with Crippen LogP contribution < -0.4 is 15.5 Å². The molecule has 0 spiro atoms. The first kappa shape index (κ1) is 23.1. The second kappa shape index (κ2) is 11.2. The van der Waals surface area contributed by atoms with Gasteiger partial charge < -0.3 is 15.5 Å². The van der Waals surface area contributed by atoms with E-state index in [-0.39, 0.29) is 12.1 Å². The van der Waals surface area contributed by atoms with Crippen LogP contribution in [-0.4, -0.2) is 56.0 Å². The minimum Gasteiger partial charge on any atom is -0.374 e. The summed E-state index contributed by atoms with van der Waals surface area (Å²) in [6, 6.07) is 7.05. The number of piperidine rings is 1. The third-order valence-corrected chi connectivity index (χ3v) is 7.52. The van der Waals surface area contributed by atoms with E-state index in [1.807, 2.05) is 0 Å². The monoisotopic (exact) mass is 440 g/mol. The van der Waals surface area contributed by atoms with Gasteiger partial charge in [-0.25, -0.2) is 0 Å². The molecule has 1 aromatic carbocycles. The van der Waals surface area contributed by atoms with Gasteiger partial charge in [-0.15, -0.1) is 0 Å². The van der Waals surface area contributed by atoms with E-state index < -0.39 is 11.8 Å². The van der Waals surface area contributed by atoms with E-state index >= 15 is 0 Å². The molecule has 0 radical (unpaired) electrons. The van der Waals surface area contributed by atoms with E-state index in [2.05, 4.69) is 45.7 Å². The molecule has 0 bridgehead atoms. The molecule has 2 aliphatic heterocycles. The molecule has 176 valence electrons. The first-order chi connectivity index (χ1) is 15.6. The molecule has 2 N–H and O–H groups in total. The number of likely N-dealkylation sites (tertiary alicyclic amines) is 1. The number of hydrogen-bond acceptors (Lipinski definition) is 4. The highest BCUT2D eigenvalue weighted by Gasteiger charge is 2.26. The molecule has 2 heterocycles. The summed E-state index contributed by atoms with van der Waals surface area (Å²) in [5, 5.41) is 5.95. The van der Waals surface area contributed by atoms with Gasteiger partial charge in [-0.1, -0.05) is 44.2 Å². The number of benzene rings is 1. The maximum absolute atomic E-state index is 12.6. The number of nitrogens with zero attached hydrogens (tertiary/aromatic N) is 2. The highest BCUT2D eigenvalue weighted by molar-refractivity contribution is 6.35. The van der Waals surface area contributed by atoms with Crippen molar-refractivity contribution in [2.75, 3.05) is 38.1 Å². The van der Waals surface area contributed by atoms with Crippen molar-refractivity contribution in [1.29, 1.82) is 0 Å². The molecule has 0 unspecified atom stereocenters. The highest BCUT2D eigenvalue weighted by Crippen LogP contribution is 2.31. The summed E-state index contributed by atoms with van der Waals surface area (Å²) in [4.78, 5) is 30.0. The Labute approximate surface area is 193 Å². The Bertz CT molecular complexity index is 782. The molecular weight excluding hydrogens is 400 g/mol. The minimum atomic E-state index is -0.492. The third kappa shape index (κ3) is 5.83. The Morgan fingerprint density at radius 2 is 1.66 bits per heavy atom. The van der Waals surface area contributed by atoms with E-state index in [0.717, 1.165) is 51.7 Å². The second-order valence-corrected chi connectivity index (χ2v) is 9.90. The topological polar surface area (TPSA) is 64.7 Å². The predicted octanol–water partition coefficient (Wildman–Crippen LogP) is 3.55. The van der Waals surface area contributed by atoms with Crippen molar-refractivity contribution in [1.82, 2.24) is 15.5 Å². The van der Waals surface area contributed by atoms with E-state index in [0.29, 0.717) is 6.54 Å². The van der Waals surface area contributed by atoms with Gasteiger partial charge in [-0.2, -0.15) is 0 Å². The lowest BCUT2D eigenvalue weighted by molar-refractivity contribution is -0.139. The van der Waals surface area contributed by atoms with Gasteiger partial charge in [-0.05, 0) is 68.8 Å². The molecule has 32 heavy (non-hydrogen) atoms. The van der Waals surface area contributed by atoms with Crippen LogP contribution in [0, 0.1) is 0 Å². The number of aryl methyl sites for hydroxylation is 1. The number of carbonyl (C=O) groups is 2. The van der Waals surface area contributed by atoms with E-state index in [1.165, 1.54) is 55.3 Å². The fraction of sp³-hybridized carbons (Fsp3) is 0.692. The molecule has 2 amide bonds. The van der Waals surface area contributed by atoms with Crippen LogP contribution in [0.4, 0.5) is 5.69 Å². The van der Waals surface area contributed by atoms with E-state index in [1.54, 1.807) is 0 Å². The first-order valence-electron chi connectivity index (χ1n) is 12.8. The molecule has 1 saturated heterocycles. The zero-order valence-electron chi connectivity index (χ0n) is 19.7. The molecule has 1 saturated carbocycles. The van der Waals surface area contributed by atoms with Crippen LogP contribution in [0.25, 0.3) is 0 Å². The van der Waals surface area contributed by atoms with Crippen LogP contribution >= 0.6 is 0 Å². The van der Waals surface area contributed by atoms with Crippen molar-refractivity contribution in [3.05, 3.63) is 29.3 Å². The Morgan fingerprint density at radius 3 is 2.41 bits per heavy atom. The molecule has 1 atom stereocenters. The number of fused-ring (bicyclic) bond motifs is 1. The quantitative estimate of drug-likeness (QED) is 0.543. The largest absolute Gasteiger partial charge is 0.374 e. The van der Waals surface area contributed by atoms with Gasteiger partial charge in [-0.3, -0.25) is 14.5 Å². The van der Waals surface area contributed by atoms with Crippen molar-refractivity contribution in [2.24, 2.45) is 0 Å². The van der Waals surface area contributed by atoms with Crippen molar-refractivity contribution < 1.29 is 9.59 Å². The third-order valence-electron chi connectivity index (χ3n) is 7.52. The maximum Gasteiger partial charge on any atom is 0.309 e. The summed E-state index contributed by atoms with van der Waals surface area (Å²) in [5.74, 6) is -0.963. The summed E-state index contributed by atoms with van der Waals surface area (Å²) in [6.07, 6.45) is 12.6. The number of rotatable bonds is 5. The Morgan fingerprint density at radius 1 is 0.938 bits per heavy atom. The predicted molar refractivity (Wildman–Crippen MR) is 129 cm³/mol. The van der Waals surface area contributed by atoms with Gasteiger partial charge in [0.1, 0.15) is 0 Å². The lowest BCUT2D eigenvalue weighted by Crippen LogP contribution is -2.47. The molecule has 4 rings (SSSR count). The molecule has 1 aromatic rings. The van der Waals surface area contributed by atoms with Crippen molar-refractivity contribution in [2.45, 2.75) is 82.7 Å². The molecule has 2 fully saturated rings. The maximum atomic E-state index is 12.6. The van der Waals surface area contributed by atoms with Crippen LogP contribution in [0.1, 0.15) is 81.4 Å². The lowest BCUT2D eigenvalue weighted by Gasteiger charge is -2.36. The van der Waals surface area contributed by atoms with Gasteiger partial charge >= 0.3 is 11.8 Å². The highest BCUT2D eigenvalue weighted by atomic mass is 16.2. The molecule has 0 aromatic heterocycles. The van der Waals surface area contributed by atoms with Gasteiger partial charge in [0.15, 0.2) is 0 Å². The first-order valence-corrected chi connectivity index (χ1v) is 12.8. The molecule has 3 aliphatic rings. The summed E-state index contributed by atoms with van der Waals surface area (Å²) in [6.45, 7) is 3.68. The fourth-order valence-corrected chi connectivity index (χ4v) is 5.64. The van der Waals surface area contributed by atoms with Crippen LogP contribution in [-0.2, 0) is 16.0 Å². The SMILES string of the molecule is CN1CCCc2cc([C@H](CNC(=O)C(=O)NC3CCCCCC3)N3CCCCC3)ccc21. The average molecular weight is 441 g/mol. The van der Waals surface area contributed by atoms with Gasteiger partial charge in [0.05, 0.1) is 6.04 Å². The molecule has 6 heteroatoms. The van der Waals surface area contributed by atoms with Crippen molar-refractivity contribution in [3.63, 3.8) is 0 Å². The van der Waals surface area contributed by atoms with Crippen LogP contribution in [0.2, 0.25) is 0 Å². The standard InChI is InChI=1S/C26H40N4O2/c1-29-15-9-10-20-18-21(13-14-23(20)29)24(30-16-7-4-8-17-30)19-27-25(31)26(32)28-22-11-5-2-3-6-12-22/h13-14,18,22,24H,2-12,15-17,19H2,1H3,(H,27,31)(H,28,32)/t24-/m0/s1. The normalized spacial score (nSPS) is 21.3. The molecule has 6 nitrogen and oxygen atoms in total. The smallest absolute Gasteiger partial charge is 0.309 e. The van der Waals surface area contributed by atoms with Gasteiger partial charge in [0.2, 0.25) is 0 Å². The van der Waals surface area contributed by atoms with E-state index in [4.69, 9.17) is 0 Å². The Hall–Kier alpha value is -2.08. The summed E-state index contributed by atoms with van der Waals surface area (Å²) < 4.78 is 0. The van der Waals surface area contributed by atoms with Crippen molar-refractivity contribution in [3.8, 4) is 0 Å². The summed E-state index contributed by atoms with van der Waals surface area (Å²) in [7, 11) is 2.16. The molecular formula is C26H40N4O2. The van der Waals surface area contributed by atoms with Crippen LogP contribution in [0.15, 0.2) is 18.2 Å². The number of carbonyl (C=O) groups excluding carboxylic acids is 2. The average Bonchev–Trinajstić information content (AvgIpc) is 3.08. The number of hydrogen-bond donors (Lipinski definition) is 2. The number of nitrogens with one attached hydrogen (secondary N) is 2. The zero-order chi connectivity index (χ0) is 22.3. The second-order valence-electron chi connectivity index (χ2n) is 9.90. The number of amides is 2. The van der Waals surface area contributed by atoms with Crippen molar-refractivity contribution >= 4 is 17.5 Å². The Balaban J connectivity index is 1.42. The fourth-order valence-electron chi connectivity index (χ4n) is 5.64.